The third-order valence-electron chi connectivity index (χ3n) is 5.66. The van der Waals surface area contributed by atoms with Gasteiger partial charge in [0.2, 0.25) is 5.13 Å². The zero-order valence-electron chi connectivity index (χ0n) is 20.7. The number of thioether (sulfide) groups is 1. The number of nitrogens with one attached hydrogen (secondary N) is 1. The van der Waals surface area contributed by atoms with Crippen molar-refractivity contribution < 1.29 is 14.3 Å². The predicted molar refractivity (Wildman–Crippen MR) is 150 cm³/mol. The third kappa shape index (κ3) is 8.27. The SMILES string of the molecule is CCCCCc1ccc(C(=O)Nc2nnc(SCC(=O)c3ccc(OCc4ccccc4)cc3)s2)cc1. The first-order valence-corrected chi connectivity index (χ1v) is 14.1. The minimum Gasteiger partial charge on any atom is -0.489 e. The summed E-state index contributed by atoms with van der Waals surface area (Å²) in [5.74, 6) is 0.702. The van der Waals surface area contributed by atoms with E-state index in [2.05, 4.69) is 22.4 Å². The number of nitrogens with zero attached hydrogens (tertiary/aromatic N) is 2. The number of ether oxygens (including phenoxy) is 1. The van der Waals surface area contributed by atoms with Gasteiger partial charge in [0, 0.05) is 11.1 Å². The summed E-state index contributed by atoms with van der Waals surface area (Å²) >= 11 is 2.56. The predicted octanol–water partition coefficient (Wildman–Crippen LogP) is 7.08. The molecule has 1 N–H and O–H groups in total. The highest BCUT2D eigenvalue weighted by atomic mass is 32.2. The van der Waals surface area contributed by atoms with E-state index in [4.69, 9.17) is 4.74 Å². The number of aryl methyl sites for hydroxylation is 1. The van der Waals surface area contributed by atoms with Gasteiger partial charge in [-0.1, -0.05) is 85.3 Å². The van der Waals surface area contributed by atoms with Gasteiger partial charge >= 0.3 is 0 Å². The molecule has 0 spiro atoms. The van der Waals surface area contributed by atoms with Crippen LogP contribution >= 0.6 is 23.1 Å². The van der Waals surface area contributed by atoms with E-state index in [1.54, 1.807) is 24.3 Å². The number of ketones is 1. The van der Waals surface area contributed by atoms with Gasteiger partial charge < -0.3 is 4.74 Å². The minimum atomic E-state index is -0.224. The van der Waals surface area contributed by atoms with Crippen LogP contribution in [0.15, 0.2) is 83.2 Å². The first kappa shape index (κ1) is 26.6. The summed E-state index contributed by atoms with van der Waals surface area (Å²) in [5, 5.41) is 11.3. The highest BCUT2D eigenvalue weighted by Gasteiger charge is 2.13. The van der Waals surface area contributed by atoms with Crippen LogP contribution in [-0.4, -0.2) is 27.6 Å². The molecule has 0 aliphatic rings. The number of hydrogen-bond donors (Lipinski definition) is 1. The average molecular weight is 532 g/mol. The van der Waals surface area contributed by atoms with E-state index in [9.17, 15) is 9.59 Å². The zero-order valence-corrected chi connectivity index (χ0v) is 22.3. The van der Waals surface area contributed by atoms with Crippen molar-refractivity contribution in [3.63, 3.8) is 0 Å². The average Bonchev–Trinajstić information content (AvgIpc) is 3.39. The molecule has 4 rings (SSSR count). The van der Waals surface area contributed by atoms with Gasteiger partial charge in [0.1, 0.15) is 12.4 Å². The molecule has 0 aliphatic carbocycles. The molecule has 0 radical (unpaired) electrons. The van der Waals surface area contributed by atoms with E-state index in [1.807, 2.05) is 54.6 Å². The molecule has 0 bridgehead atoms. The Hall–Kier alpha value is -3.49. The van der Waals surface area contributed by atoms with Crippen LogP contribution in [0.3, 0.4) is 0 Å². The van der Waals surface area contributed by atoms with E-state index >= 15 is 0 Å². The van der Waals surface area contributed by atoms with Crippen molar-refractivity contribution in [3.05, 3.63) is 101 Å². The Bertz CT molecular complexity index is 1290. The minimum absolute atomic E-state index is 0.0144. The normalized spacial score (nSPS) is 10.7. The summed E-state index contributed by atoms with van der Waals surface area (Å²) in [4.78, 5) is 25.2. The largest absolute Gasteiger partial charge is 0.489 e. The lowest BCUT2D eigenvalue weighted by atomic mass is 10.1. The van der Waals surface area contributed by atoms with E-state index in [1.165, 1.54) is 41.5 Å². The molecule has 1 heterocycles. The summed E-state index contributed by atoms with van der Waals surface area (Å²) in [6.45, 7) is 2.66. The van der Waals surface area contributed by atoms with Crippen LogP contribution in [0, 0.1) is 0 Å². The summed E-state index contributed by atoms with van der Waals surface area (Å²) in [5.41, 5.74) is 3.51. The van der Waals surface area contributed by atoms with Crippen molar-refractivity contribution in [2.75, 3.05) is 11.1 Å². The lowest BCUT2D eigenvalue weighted by Crippen LogP contribution is -2.11. The first-order chi connectivity index (χ1) is 18.1. The lowest BCUT2D eigenvalue weighted by molar-refractivity contribution is 0.101. The molecular formula is C29H29N3O3S2. The van der Waals surface area contributed by atoms with Crippen molar-refractivity contribution in [1.82, 2.24) is 10.2 Å². The number of carbonyl (C=O) groups is 2. The van der Waals surface area contributed by atoms with E-state index in [0.29, 0.717) is 33.0 Å². The third-order valence-corrected chi connectivity index (χ3v) is 7.64. The zero-order chi connectivity index (χ0) is 25.9. The van der Waals surface area contributed by atoms with Gasteiger partial charge in [-0.05, 0) is 60.4 Å². The molecular weight excluding hydrogens is 502 g/mol. The number of benzene rings is 3. The van der Waals surface area contributed by atoms with Gasteiger partial charge in [-0.3, -0.25) is 14.9 Å². The van der Waals surface area contributed by atoms with Gasteiger partial charge in [-0.2, -0.15) is 0 Å². The molecule has 190 valence electrons. The smallest absolute Gasteiger partial charge is 0.257 e. The number of aromatic nitrogens is 2. The van der Waals surface area contributed by atoms with Crippen molar-refractivity contribution in [2.24, 2.45) is 0 Å². The molecule has 0 atom stereocenters. The van der Waals surface area contributed by atoms with Gasteiger partial charge in [-0.25, -0.2) is 0 Å². The van der Waals surface area contributed by atoms with Crippen LogP contribution in [0.5, 0.6) is 5.75 Å². The monoisotopic (exact) mass is 531 g/mol. The molecule has 8 heteroatoms. The maximum Gasteiger partial charge on any atom is 0.257 e. The summed E-state index contributed by atoms with van der Waals surface area (Å²) in [7, 11) is 0. The second-order valence-electron chi connectivity index (χ2n) is 8.49. The number of hydrogen-bond acceptors (Lipinski definition) is 7. The van der Waals surface area contributed by atoms with Crippen molar-refractivity contribution in [3.8, 4) is 5.75 Å². The maximum absolute atomic E-state index is 12.6. The fraction of sp³-hybridized carbons (Fsp3) is 0.241. The Morgan fingerprint density at radius 3 is 2.32 bits per heavy atom. The highest BCUT2D eigenvalue weighted by molar-refractivity contribution is 8.01. The lowest BCUT2D eigenvalue weighted by Gasteiger charge is -2.07. The second-order valence-corrected chi connectivity index (χ2v) is 10.7. The van der Waals surface area contributed by atoms with Crippen molar-refractivity contribution >= 4 is 39.9 Å². The number of unbranched alkanes of at least 4 members (excludes halogenated alkanes) is 2. The first-order valence-electron chi connectivity index (χ1n) is 12.3. The fourth-order valence-corrected chi connectivity index (χ4v) is 5.22. The van der Waals surface area contributed by atoms with E-state index in [-0.39, 0.29) is 17.4 Å². The quantitative estimate of drug-likeness (QED) is 0.0859. The van der Waals surface area contributed by atoms with Crippen molar-refractivity contribution in [1.29, 1.82) is 0 Å². The summed E-state index contributed by atoms with van der Waals surface area (Å²) < 4.78 is 6.40. The number of anilines is 1. The molecule has 37 heavy (non-hydrogen) atoms. The van der Waals surface area contributed by atoms with Crippen LogP contribution in [0.4, 0.5) is 5.13 Å². The second kappa shape index (κ2) is 13.7. The number of amides is 1. The van der Waals surface area contributed by atoms with Gasteiger partial charge in [-0.15, -0.1) is 10.2 Å². The Morgan fingerprint density at radius 2 is 1.59 bits per heavy atom. The Morgan fingerprint density at radius 1 is 0.865 bits per heavy atom. The Labute approximate surface area is 225 Å². The molecule has 0 saturated heterocycles. The van der Waals surface area contributed by atoms with Gasteiger partial charge in [0.25, 0.3) is 5.91 Å². The van der Waals surface area contributed by atoms with E-state index in [0.717, 1.165) is 18.4 Å². The topological polar surface area (TPSA) is 81.2 Å². The molecule has 0 unspecified atom stereocenters. The molecule has 1 amide bonds. The molecule has 3 aromatic carbocycles. The van der Waals surface area contributed by atoms with Crippen LogP contribution in [0.1, 0.15) is 58.0 Å². The Balaban J connectivity index is 1.22. The standard InChI is InChI=1S/C29H29N3O3S2/c1-2-3-5-8-21-11-13-24(14-12-21)27(34)30-28-31-32-29(37-28)36-20-26(33)23-15-17-25(18-16-23)35-19-22-9-6-4-7-10-22/h4,6-7,9-18H,2-3,5,8,19-20H2,1H3,(H,30,31,34). The van der Waals surface area contributed by atoms with Gasteiger partial charge in [0.05, 0.1) is 5.75 Å². The molecule has 0 fully saturated rings. The Kier molecular flexibility index (Phi) is 9.85. The summed E-state index contributed by atoms with van der Waals surface area (Å²) in [6, 6.07) is 24.7. The molecule has 1 aromatic heterocycles. The molecule has 4 aromatic rings. The fourth-order valence-electron chi connectivity index (χ4n) is 3.58. The van der Waals surface area contributed by atoms with E-state index < -0.39 is 0 Å². The molecule has 0 saturated carbocycles. The van der Waals surface area contributed by atoms with Gasteiger partial charge in [0.15, 0.2) is 10.1 Å². The number of rotatable bonds is 13. The van der Waals surface area contributed by atoms with Crippen LogP contribution in [0.25, 0.3) is 0 Å². The van der Waals surface area contributed by atoms with Crippen LogP contribution in [0.2, 0.25) is 0 Å². The molecule has 0 aliphatic heterocycles. The number of Topliss-reactive ketones (excluding diaryl/α,β-unsaturated/α-hetero) is 1. The van der Waals surface area contributed by atoms with Crippen molar-refractivity contribution in [2.45, 2.75) is 43.6 Å². The summed E-state index contributed by atoms with van der Waals surface area (Å²) in [6.07, 6.45) is 4.58. The molecule has 6 nitrogen and oxygen atoms in total. The maximum atomic E-state index is 12.6. The highest BCUT2D eigenvalue weighted by Crippen LogP contribution is 2.27. The van der Waals surface area contributed by atoms with Crippen LogP contribution < -0.4 is 10.1 Å². The van der Waals surface area contributed by atoms with Crippen LogP contribution in [-0.2, 0) is 13.0 Å². The number of carbonyl (C=O) groups excluding carboxylic acids is 2.